The molecule has 1 fully saturated rings. The summed E-state index contributed by atoms with van der Waals surface area (Å²) in [4.78, 5) is 36.2. The van der Waals surface area contributed by atoms with Gasteiger partial charge in [0.1, 0.15) is 13.2 Å². The Morgan fingerprint density at radius 2 is 1.95 bits per heavy atom. The number of likely N-dealkylation sites (N-methyl/N-ethyl adjacent to an activating group) is 1. The molecule has 0 unspecified atom stereocenters. The average molecular weight is 581 g/mol. The fraction of sp³-hybridized carbons (Fsp3) is 0.367. The summed E-state index contributed by atoms with van der Waals surface area (Å²) in [6.45, 7) is 6.28. The molecule has 0 radical (unpaired) electrons. The van der Waals surface area contributed by atoms with Crippen LogP contribution in [0.1, 0.15) is 28.4 Å². The number of carbonyl (C=O) groups is 2. The third-order valence-corrected chi connectivity index (χ3v) is 7.64. The number of pyridine rings is 1. The number of rotatable bonds is 10. The molecule has 2 amide bonds. The van der Waals surface area contributed by atoms with E-state index in [9.17, 15) is 9.59 Å². The van der Waals surface area contributed by atoms with Gasteiger partial charge >= 0.3 is 0 Å². The van der Waals surface area contributed by atoms with Crippen LogP contribution in [0, 0.1) is 0 Å². The summed E-state index contributed by atoms with van der Waals surface area (Å²) in [6, 6.07) is 8.83. The highest BCUT2D eigenvalue weighted by atomic mass is 35.5. The maximum Gasteiger partial charge on any atom is 0.248 e. The highest BCUT2D eigenvalue weighted by Gasteiger charge is 2.36. The van der Waals surface area contributed by atoms with Crippen molar-refractivity contribution < 1.29 is 19.1 Å². The molecule has 10 nitrogen and oxygen atoms in total. The van der Waals surface area contributed by atoms with Crippen molar-refractivity contribution in [3.63, 3.8) is 0 Å². The first kappa shape index (κ1) is 30.3. The number of nitrogens with zero attached hydrogens (tertiary/aromatic N) is 4. The van der Waals surface area contributed by atoms with E-state index in [-0.39, 0.29) is 31.1 Å². The van der Waals surface area contributed by atoms with Gasteiger partial charge in [0.2, 0.25) is 11.8 Å². The van der Waals surface area contributed by atoms with Gasteiger partial charge in [-0.25, -0.2) is 0 Å². The topological polar surface area (TPSA) is 113 Å². The molecule has 1 aromatic carbocycles. The molecule has 1 aliphatic heterocycles. The summed E-state index contributed by atoms with van der Waals surface area (Å²) in [5.41, 5.74) is 11.2. The van der Waals surface area contributed by atoms with Crippen LogP contribution < -0.4 is 11.1 Å². The number of methoxy groups -OCH3 is 2. The monoisotopic (exact) mass is 580 g/mol. The minimum Gasteiger partial charge on any atom is -0.403 e. The zero-order valence-electron chi connectivity index (χ0n) is 23.7. The SMILES string of the molecule is C=CN(C)/C(=C\N)[C@H](NC(=O)COC)C1=Cc2cccnc2[C@@H](N2CCN(C(=O)COC)CC2)c2ccc(Cl)cc21. The summed E-state index contributed by atoms with van der Waals surface area (Å²) < 4.78 is 10.2. The van der Waals surface area contributed by atoms with Crippen molar-refractivity contribution in [2.24, 2.45) is 5.73 Å². The number of hydrogen-bond donors (Lipinski definition) is 2. The minimum absolute atomic E-state index is 0.0234. The van der Waals surface area contributed by atoms with E-state index < -0.39 is 6.04 Å². The average Bonchev–Trinajstić information content (AvgIpc) is 3.11. The minimum atomic E-state index is -0.654. The molecule has 1 aliphatic carbocycles. The van der Waals surface area contributed by atoms with Crippen molar-refractivity contribution in [3.8, 4) is 0 Å². The number of benzene rings is 1. The second-order valence-corrected chi connectivity index (χ2v) is 10.3. The van der Waals surface area contributed by atoms with Crippen molar-refractivity contribution in [2.75, 3.05) is 60.7 Å². The summed E-state index contributed by atoms with van der Waals surface area (Å²) in [7, 11) is 4.82. The number of nitrogens with one attached hydrogen (secondary N) is 1. The van der Waals surface area contributed by atoms with Crippen LogP contribution in [0.25, 0.3) is 11.6 Å². The van der Waals surface area contributed by atoms with Gasteiger partial charge in [0.05, 0.1) is 23.5 Å². The standard InChI is InChI=1S/C30H37ClN6O4/c1-5-35(2)25(17-32)29(34-26(38)18-40-3)24-15-20-7-6-10-33-28(20)30(22-9-8-21(31)16-23(22)24)37-13-11-36(12-14-37)27(39)19-41-4/h5-10,15-17,29-30H,1,11-14,18-19,32H2,2-4H3,(H,34,38)/b25-17-/t29-,30+/m1/s1. The van der Waals surface area contributed by atoms with E-state index in [1.165, 1.54) is 20.4 Å². The van der Waals surface area contributed by atoms with Crippen LogP contribution in [0.15, 0.2) is 61.2 Å². The summed E-state index contributed by atoms with van der Waals surface area (Å²) in [5, 5.41) is 3.65. The van der Waals surface area contributed by atoms with Crippen molar-refractivity contribution >= 4 is 35.1 Å². The van der Waals surface area contributed by atoms with E-state index in [1.807, 2.05) is 48.4 Å². The Kier molecular flexibility index (Phi) is 10.2. The number of halogens is 1. The number of carbonyl (C=O) groups excluding carboxylic acids is 2. The van der Waals surface area contributed by atoms with Gasteiger partial charge in [0, 0.05) is 64.9 Å². The maximum absolute atomic E-state index is 12.9. The maximum atomic E-state index is 12.9. The summed E-state index contributed by atoms with van der Waals surface area (Å²) >= 11 is 6.60. The fourth-order valence-electron chi connectivity index (χ4n) is 5.41. The van der Waals surface area contributed by atoms with Gasteiger partial charge in [-0.3, -0.25) is 19.5 Å². The van der Waals surface area contributed by atoms with E-state index in [2.05, 4.69) is 16.8 Å². The van der Waals surface area contributed by atoms with Crippen molar-refractivity contribution in [3.05, 3.63) is 88.6 Å². The lowest BCUT2D eigenvalue weighted by Crippen LogP contribution is -2.51. The van der Waals surface area contributed by atoms with Crippen molar-refractivity contribution in [2.45, 2.75) is 12.1 Å². The zero-order valence-corrected chi connectivity index (χ0v) is 24.4. The molecule has 218 valence electrons. The van der Waals surface area contributed by atoms with E-state index in [4.69, 9.17) is 31.8 Å². The number of nitrogens with two attached hydrogens (primary N) is 1. The van der Waals surface area contributed by atoms with E-state index in [0.29, 0.717) is 36.9 Å². The van der Waals surface area contributed by atoms with Crippen LogP contribution in [0.3, 0.4) is 0 Å². The third-order valence-electron chi connectivity index (χ3n) is 7.40. The summed E-state index contributed by atoms with van der Waals surface area (Å²) in [5.74, 6) is -0.326. The first-order valence-corrected chi connectivity index (χ1v) is 13.7. The first-order chi connectivity index (χ1) is 19.8. The third kappa shape index (κ3) is 6.62. The molecule has 3 N–H and O–H groups in total. The van der Waals surface area contributed by atoms with E-state index in [1.54, 1.807) is 17.3 Å². The van der Waals surface area contributed by atoms with Gasteiger partial charge in [-0.1, -0.05) is 30.3 Å². The smallest absolute Gasteiger partial charge is 0.248 e. The Hall–Kier alpha value is -3.70. The fourth-order valence-corrected chi connectivity index (χ4v) is 5.58. The lowest BCUT2D eigenvalue weighted by Gasteiger charge is -2.40. The molecule has 2 atom stereocenters. The molecule has 2 aromatic rings. The second kappa shape index (κ2) is 13.8. The molecule has 2 aliphatic rings. The van der Waals surface area contributed by atoms with Crippen molar-refractivity contribution in [1.82, 2.24) is 25.0 Å². The van der Waals surface area contributed by atoms with Crippen LogP contribution in [-0.4, -0.2) is 98.2 Å². The molecule has 0 spiro atoms. The molecular formula is C30H37ClN6O4. The highest BCUT2D eigenvalue weighted by Crippen LogP contribution is 2.42. The molecule has 4 rings (SSSR count). The normalized spacial score (nSPS) is 18.0. The number of hydrogen-bond acceptors (Lipinski definition) is 8. The Morgan fingerprint density at radius 3 is 2.61 bits per heavy atom. The Bertz CT molecular complexity index is 1340. The predicted octanol–water partition coefficient (Wildman–Crippen LogP) is 2.48. The van der Waals surface area contributed by atoms with Crippen LogP contribution in [-0.2, 0) is 19.1 Å². The van der Waals surface area contributed by atoms with Crippen LogP contribution in [0.2, 0.25) is 5.02 Å². The largest absolute Gasteiger partial charge is 0.403 e. The first-order valence-electron chi connectivity index (χ1n) is 13.4. The lowest BCUT2D eigenvalue weighted by atomic mass is 9.89. The van der Waals surface area contributed by atoms with Gasteiger partial charge in [0.15, 0.2) is 0 Å². The Balaban J connectivity index is 1.85. The molecule has 0 saturated carbocycles. The van der Waals surface area contributed by atoms with Gasteiger partial charge < -0.3 is 30.3 Å². The zero-order chi connectivity index (χ0) is 29.5. The van der Waals surface area contributed by atoms with E-state index in [0.717, 1.165) is 28.0 Å². The number of ether oxygens (including phenoxy) is 2. The van der Waals surface area contributed by atoms with Crippen molar-refractivity contribution in [1.29, 1.82) is 0 Å². The van der Waals surface area contributed by atoms with Crippen LogP contribution in [0.4, 0.5) is 0 Å². The number of piperazine rings is 1. The molecule has 1 aromatic heterocycles. The van der Waals surface area contributed by atoms with Crippen LogP contribution >= 0.6 is 11.6 Å². The molecule has 2 heterocycles. The van der Waals surface area contributed by atoms with Gasteiger partial charge in [-0.2, -0.15) is 0 Å². The second-order valence-electron chi connectivity index (χ2n) is 9.88. The number of amides is 2. The molecular weight excluding hydrogens is 544 g/mol. The quantitative estimate of drug-likeness (QED) is 0.441. The summed E-state index contributed by atoms with van der Waals surface area (Å²) in [6.07, 6.45) is 6.92. The molecule has 41 heavy (non-hydrogen) atoms. The van der Waals surface area contributed by atoms with Gasteiger partial charge in [-0.15, -0.1) is 0 Å². The number of fused-ring (bicyclic) bond motifs is 2. The Morgan fingerprint density at radius 1 is 1.22 bits per heavy atom. The van der Waals surface area contributed by atoms with Gasteiger partial charge in [0.25, 0.3) is 0 Å². The predicted molar refractivity (Wildman–Crippen MR) is 159 cm³/mol. The van der Waals surface area contributed by atoms with Gasteiger partial charge in [-0.05, 0) is 52.7 Å². The highest BCUT2D eigenvalue weighted by molar-refractivity contribution is 6.30. The molecule has 11 heteroatoms. The molecule has 1 saturated heterocycles. The lowest BCUT2D eigenvalue weighted by molar-refractivity contribution is -0.137. The number of aromatic nitrogens is 1. The van der Waals surface area contributed by atoms with E-state index >= 15 is 0 Å². The van der Waals surface area contributed by atoms with Crippen LogP contribution in [0.5, 0.6) is 0 Å². The molecule has 0 bridgehead atoms. The Labute approximate surface area is 246 Å².